The molecule has 3 N–H and O–H groups in total. The molecule has 5 aromatic rings. The molecule has 0 radical (unpaired) electrons. The number of hydrogen-bond donors (Lipinski definition) is 3. The summed E-state index contributed by atoms with van der Waals surface area (Å²) in [5, 5.41) is 18.9. The standard InChI is InChI=1S/C27H27N7O4S/c1-17-12-18(4-9-30-17)26-32-24(16-38-26)25(35)31-23-13-19-15-34(33-22(19)14-21(23)27(2,3)36)10-11-39(28,37)20-5-7-29-8-6-20/h4-9,12-16,28,36H,10-11H2,1-3H3,(H,31,35). The number of aliphatic hydroxyl groups is 1. The van der Waals surface area contributed by atoms with Gasteiger partial charge in [-0.15, -0.1) is 0 Å². The molecule has 200 valence electrons. The van der Waals surface area contributed by atoms with E-state index < -0.39 is 21.2 Å². The van der Waals surface area contributed by atoms with Crippen LogP contribution in [0.3, 0.4) is 0 Å². The van der Waals surface area contributed by atoms with Gasteiger partial charge in [-0.3, -0.25) is 19.4 Å². The van der Waals surface area contributed by atoms with Crippen molar-refractivity contribution in [1.29, 1.82) is 4.78 Å². The van der Waals surface area contributed by atoms with E-state index in [0.29, 0.717) is 38.5 Å². The molecular formula is C27H27N7O4S. The number of rotatable bonds is 8. The number of fused-ring (bicyclic) bond motifs is 1. The highest BCUT2D eigenvalue weighted by molar-refractivity contribution is 7.92. The number of benzene rings is 1. The number of aryl methyl sites for hydroxylation is 2. The Labute approximate surface area is 224 Å². The van der Waals surface area contributed by atoms with Crippen molar-refractivity contribution < 1.29 is 18.5 Å². The Morgan fingerprint density at radius 1 is 1.18 bits per heavy atom. The van der Waals surface area contributed by atoms with E-state index in [-0.39, 0.29) is 18.0 Å². The van der Waals surface area contributed by atoms with Gasteiger partial charge in [0.25, 0.3) is 5.91 Å². The molecule has 0 aliphatic heterocycles. The van der Waals surface area contributed by atoms with Gasteiger partial charge in [0.15, 0.2) is 5.69 Å². The fourth-order valence-electron chi connectivity index (χ4n) is 4.12. The van der Waals surface area contributed by atoms with Crippen LogP contribution >= 0.6 is 0 Å². The van der Waals surface area contributed by atoms with Crippen LogP contribution in [0.25, 0.3) is 22.4 Å². The topological polar surface area (TPSA) is 160 Å². The van der Waals surface area contributed by atoms with Gasteiger partial charge in [-0.05, 0) is 57.2 Å². The largest absolute Gasteiger partial charge is 0.444 e. The van der Waals surface area contributed by atoms with Crippen LogP contribution in [0.5, 0.6) is 0 Å². The lowest BCUT2D eigenvalue weighted by atomic mass is 9.95. The van der Waals surface area contributed by atoms with Crippen molar-refractivity contribution in [3.8, 4) is 11.5 Å². The number of oxazole rings is 1. The van der Waals surface area contributed by atoms with Crippen LogP contribution in [0.15, 0.2) is 76.8 Å². The minimum absolute atomic E-state index is 0.0679. The van der Waals surface area contributed by atoms with Crippen LogP contribution in [-0.4, -0.2) is 45.7 Å². The summed E-state index contributed by atoms with van der Waals surface area (Å²) >= 11 is 0. The van der Waals surface area contributed by atoms with Crippen molar-refractivity contribution in [2.45, 2.75) is 37.8 Å². The average Bonchev–Trinajstić information content (AvgIpc) is 3.54. The zero-order chi connectivity index (χ0) is 27.8. The van der Waals surface area contributed by atoms with Gasteiger partial charge in [-0.25, -0.2) is 14.0 Å². The minimum atomic E-state index is -3.02. The molecule has 0 saturated heterocycles. The van der Waals surface area contributed by atoms with Crippen LogP contribution in [0, 0.1) is 11.7 Å². The highest BCUT2D eigenvalue weighted by Gasteiger charge is 2.24. The first-order chi connectivity index (χ1) is 18.5. The molecule has 0 saturated carbocycles. The Kier molecular flexibility index (Phi) is 6.74. The fourth-order valence-corrected chi connectivity index (χ4v) is 5.36. The molecule has 1 aromatic carbocycles. The molecule has 39 heavy (non-hydrogen) atoms. The Balaban J connectivity index is 1.40. The number of anilines is 1. The quantitative estimate of drug-likeness (QED) is 0.259. The third-order valence-electron chi connectivity index (χ3n) is 6.12. The maximum atomic E-state index is 13.1. The molecule has 4 aromatic heterocycles. The van der Waals surface area contributed by atoms with E-state index >= 15 is 0 Å². The summed E-state index contributed by atoms with van der Waals surface area (Å²) in [4.78, 5) is 25.9. The van der Waals surface area contributed by atoms with Gasteiger partial charge in [0.05, 0.1) is 38.0 Å². The van der Waals surface area contributed by atoms with E-state index in [1.165, 1.54) is 18.7 Å². The predicted octanol–water partition coefficient (Wildman–Crippen LogP) is 4.38. The summed E-state index contributed by atoms with van der Waals surface area (Å²) in [5.74, 6) is -0.138. The van der Waals surface area contributed by atoms with Crippen LogP contribution in [-0.2, 0) is 21.9 Å². The number of pyridine rings is 2. The van der Waals surface area contributed by atoms with Gasteiger partial charge >= 0.3 is 0 Å². The molecule has 1 amide bonds. The summed E-state index contributed by atoms with van der Waals surface area (Å²) in [7, 11) is -3.02. The van der Waals surface area contributed by atoms with E-state index in [0.717, 1.165) is 5.69 Å². The van der Waals surface area contributed by atoms with Gasteiger partial charge in [-0.2, -0.15) is 5.10 Å². The summed E-state index contributed by atoms with van der Waals surface area (Å²) in [6.45, 7) is 5.33. The number of nitrogens with one attached hydrogen (secondary N) is 2. The summed E-state index contributed by atoms with van der Waals surface area (Å²) in [6, 6.07) is 10.1. The molecule has 1 atom stereocenters. The average molecular weight is 546 g/mol. The van der Waals surface area contributed by atoms with Gasteiger partial charge in [-0.1, -0.05) is 0 Å². The molecule has 0 spiro atoms. The Morgan fingerprint density at radius 2 is 1.95 bits per heavy atom. The normalized spacial score (nSPS) is 13.3. The van der Waals surface area contributed by atoms with Crippen LogP contribution in [0.2, 0.25) is 0 Å². The number of hydrogen-bond acceptors (Lipinski definition) is 9. The first-order valence-corrected chi connectivity index (χ1v) is 13.8. The van der Waals surface area contributed by atoms with E-state index in [2.05, 4.69) is 25.4 Å². The van der Waals surface area contributed by atoms with Gasteiger partial charge in [0.2, 0.25) is 5.89 Å². The molecule has 0 aliphatic rings. The molecule has 0 fully saturated rings. The maximum absolute atomic E-state index is 13.1. The van der Waals surface area contributed by atoms with Crippen molar-refractivity contribution in [1.82, 2.24) is 24.7 Å². The molecule has 12 heteroatoms. The third kappa shape index (κ3) is 5.71. The highest BCUT2D eigenvalue weighted by atomic mass is 32.2. The number of carbonyl (C=O) groups excluding carboxylic acids is 1. The molecule has 0 bridgehead atoms. The number of amides is 1. The number of nitrogens with zero attached hydrogens (tertiary/aromatic N) is 5. The monoisotopic (exact) mass is 545 g/mol. The lowest BCUT2D eigenvalue weighted by Crippen LogP contribution is -2.21. The third-order valence-corrected chi connectivity index (χ3v) is 7.91. The summed E-state index contributed by atoms with van der Waals surface area (Å²) in [5.41, 5.74) is 1.73. The van der Waals surface area contributed by atoms with Crippen LogP contribution in [0.1, 0.15) is 35.6 Å². The highest BCUT2D eigenvalue weighted by Crippen LogP contribution is 2.32. The van der Waals surface area contributed by atoms with Crippen LogP contribution in [0.4, 0.5) is 5.69 Å². The second-order valence-electron chi connectivity index (χ2n) is 9.65. The van der Waals surface area contributed by atoms with E-state index in [1.54, 1.807) is 61.3 Å². The van der Waals surface area contributed by atoms with E-state index in [4.69, 9.17) is 9.20 Å². The Morgan fingerprint density at radius 3 is 2.67 bits per heavy atom. The van der Waals surface area contributed by atoms with Crippen LogP contribution < -0.4 is 5.32 Å². The van der Waals surface area contributed by atoms with Gasteiger partial charge in [0, 0.05) is 52.7 Å². The van der Waals surface area contributed by atoms with Gasteiger partial charge in [0.1, 0.15) is 6.26 Å². The second kappa shape index (κ2) is 10.0. The fraction of sp³-hybridized carbons (Fsp3) is 0.222. The summed E-state index contributed by atoms with van der Waals surface area (Å²) < 4.78 is 28.3. The lowest BCUT2D eigenvalue weighted by Gasteiger charge is -2.21. The molecule has 0 aliphatic carbocycles. The SMILES string of the molecule is Cc1cc(-c2nc(C(=O)Nc3cc4cn(CCS(=N)(=O)c5ccncc5)nc4cc3C(C)(C)O)co2)ccn1. The first kappa shape index (κ1) is 26.2. The van der Waals surface area contributed by atoms with Crippen molar-refractivity contribution in [2.24, 2.45) is 0 Å². The van der Waals surface area contributed by atoms with E-state index in [1.807, 2.05) is 13.0 Å². The lowest BCUT2D eigenvalue weighted by molar-refractivity contribution is 0.0793. The van der Waals surface area contributed by atoms with Crippen molar-refractivity contribution in [2.75, 3.05) is 11.1 Å². The van der Waals surface area contributed by atoms with Gasteiger partial charge < -0.3 is 14.8 Å². The predicted molar refractivity (Wildman–Crippen MR) is 146 cm³/mol. The Hall–Kier alpha value is -4.42. The molecular weight excluding hydrogens is 518 g/mol. The van der Waals surface area contributed by atoms with Crippen molar-refractivity contribution in [3.63, 3.8) is 0 Å². The molecule has 4 heterocycles. The first-order valence-electron chi connectivity index (χ1n) is 12.1. The zero-order valence-corrected chi connectivity index (χ0v) is 22.4. The van der Waals surface area contributed by atoms with Crippen molar-refractivity contribution in [3.05, 3.63) is 84.4 Å². The smallest absolute Gasteiger partial charge is 0.277 e. The summed E-state index contributed by atoms with van der Waals surface area (Å²) in [6.07, 6.45) is 7.70. The number of aromatic nitrogens is 5. The minimum Gasteiger partial charge on any atom is -0.444 e. The maximum Gasteiger partial charge on any atom is 0.277 e. The molecule has 1 unspecified atom stereocenters. The second-order valence-corrected chi connectivity index (χ2v) is 11.9. The molecule has 11 nitrogen and oxygen atoms in total. The zero-order valence-electron chi connectivity index (χ0n) is 21.6. The number of carbonyl (C=O) groups is 1. The van der Waals surface area contributed by atoms with E-state index in [9.17, 15) is 14.1 Å². The molecule has 5 rings (SSSR count). The van der Waals surface area contributed by atoms with Crippen molar-refractivity contribution >= 4 is 32.2 Å². The Bertz CT molecular complexity index is 1770.